The molecular weight excluding hydrogens is 402 g/mol. The number of benzene rings is 2. The highest BCUT2D eigenvalue weighted by molar-refractivity contribution is 7.87. The second kappa shape index (κ2) is 7.47. The number of aromatic nitrogens is 1. The van der Waals surface area contributed by atoms with Gasteiger partial charge in [0.1, 0.15) is 22.2 Å². The number of hydrogen-bond donors (Lipinski definition) is 0. The zero-order chi connectivity index (χ0) is 20.4. The Bertz CT molecular complexity index is 1050. The third kappa shape index (κ3) is 4.77. The fourth-order valence-corrected chi connectivity index (χ4v) is 3.00. The minimum absolute atomic E-state index is 0.0305. The Balaban J connectivity index is 1.69. The van der Waals surface area contributed by atoms with E-state index in [0.717, 1.165) is 36.4 Å². The fraction of sp³-hybridized carbons (Fsp3) is 0.0556. The van der Waals surface area contributed by atoms with Crippen LogP contribution in [0.3, 0.4) is 0 Å². The topological polar surface area (TPSA) is 65.5 Å². The molecule has 0 unspecified atom stereocenters. The highest BCUT2D eigenvalue weighted by Gasteiger charge is 2.30. The van der Waals surface area contributed by atoms with Crippen molar-refractivity contribution in [3.8, 4) is 17.4 Å². The molecule has 0 radical (unpaired) electrons. The van der Waals surface area contributed by atoms with Gasteiger partial charge < -0.3 is 8.92 Å². The van der Waals surface area contributed by atoms with Gasteiger partial charge in [-0.2, -0.15) is 21.6 Å². The molecular formula is C18H11F4NO4S. The summed E-state index contributed by atoms with van der Waals surface area (Å²) in [5, 5.41) is 0. The van der Waals surface area contributed by atoms with Crippen LogP contribution in [0.5, 0.6) is 17.4 Å². The Morgan fingerprint density at radius 1 is 0.821 bits per heavy atom. The summed E-state index contributed by atoms with van der Waals surface area (Å²) in [7, 11) is -4.15. The van der Waals surface area contributed by atoms with Gasteiger partial charge in [-0.3, -0.25) is 0 Å². The molecule has 0 amide bonds. The molecule has 28 heavy (non-hydrogen) atoms. The van der Waals surface area contributed by atoms with Crippen LogP contribution in [0.2, 0.25) is 0 Å². The van der Waals surface area contributed by atoms with E-state index in [-0.39, 0.29) is 22.3 Å². The molecule has 10 heteroatoms. The van der Waals surface area contributed by atoms with Gasteiger partial charge in [-0.25, -0.2) is 9.37 Å². The van der Waals surface area contributed by atoms with Crippen LogP contribution in [0, 0.1) is 5.82 Å². The maximum Gasteiger partial charge on any atom is 0.417 e. The molecule has 0 saturated carbocycles. The molecule has 0 bridgehead atoms. The highest BCUT2D eigenvalue weighted by Crippen LogP contribution is 2.30. The number of hydrogen-bond acceptors (Lipinski definition) is 5. The van der Waals surface area contributed by atoms with Crippen molar-refractivity contribution in [2.75, 3.05) is 0 Å². The molecule has 0 aliphatic rings. The first kappa shape index (κ1) is 19.6. The van der Waals surface area contributed by atoms with E-state index in [9.17, 15) is 26.0 Å². The number of halogens is 4. The van der Waals surface area contributed by atoms with Gasteiger partial charge in [0, 0.05) is 12.3 Å². The van der Waals surface area contributed by atoms with Crippen LogP contribution < -0.4 is 8.92 Å². The smallest absolute Gasteiger partial charge is 0.417 e. The Labute approximate surface area is 157 Å². The first-order chi connectivity index (χ1) is 13.1. The molecule has 0 N–H and O–H groups in total. The monoisotopic (exact) mass is 413 g/mol. The molecule has 146 valence electrons. The number of alkyl halides is 3. The number of nitrogens with zero attached hydrogens (tertiary/aromatic N) is 1. The maximum atomic E-state index is 12.9. The molecule has 3 rings (SSSR count). The predicted octanol–water partition coefficient (Wildman–Crippen LogP) is 4.80. The summed E-state index contributed by atoms with van der Waals surface area (Å²) in [6.45, 7) is 0. The van der Waals surface area contributed by atoms with Gasteiger partial charge in [0.25, 0.3) is 0 Å². The van der Waals surface area contributed by atoms with Crippen LogP contribution in [-0.2, 0) is 16.3 Å². The lowest BCUT2D eigenvalue weighted by Gasteiger charge is -2.09. The third-order valence-electron chi connectivity index (χ3n) is 3.42. The van der Waals surface area contributed by atoms with Gasteiger partial charge in [0.2, 0.25) is 5.88 Å². The zero-order valence-electron chi connectivity index (χ0n) is 13.9. The standard InChI is InChI=1S/C18H11F4NO4S/c19-13-2-8-16(9-3-13)28(24,25)27-15-6-4-14(5-7-15)26-17-10-1-12(11-23-17)18(20,21)22/h1-11H. The Kier molecular flexibility index (Phi) is 5.23. The maximum absolute atomic E-state index is 12.9. The first-order valence-corrected chi connectivity index (χ1v) is 9.05. The summed E-state index contributed by atoms with van der Waals surface area (Å²) in [5.41, 5.74) is -0.908. The lowest BCUT2D eigenvalue weighted by atomic mass is 10.3. The minimum atomic E-state index is -4.50. The fourth-order valence-electron chi connectivity index (χ4n) is 2.07. The van der Waals surface area contributed by atoms with Crippen LogP contribution in [0.25, 0.3) is 0 Å². The summed E-state index contributed by atoms with van der Waals surface area (Å²) in [4.78, 5) is 3.35. The highest BCUT2D eigenvalue weighted by atomic mass is 32.2. The van der Waals surface area contributed by atoms with E-state index in [4.69, 9.17) is 8.92 Å². The van der Waals surface area contributed by atoms with Crippen molar-refractivity contribution in [1.29, 1.82) is 0 Å². The van der Waals surface area contributed by atoms with E-state index in [1.54, 1.807) is 0 Å². The zero-order valence-corrected chi connectivity index (χ0v) is 14.7. The second-order valence-electron chi connectivity index (χ2n) is 5.45. The van der Waals surface area contributed by atoms with Crippen molar-refractivity contribution >= 4 is 10.1 Å². The van der Waals surface area contributed by atoms with E-state index in [1.807, 2.05) is 0 Å². The number of pyridine rings is 1. The van der Waals surface area contributed by atoms with Gasteiger partial charge in [0.05, 0.1) is 5.56 Å². The molecule has 0 aliphatic heterocycles. The average Bonchev–Trinajstić information content (AvgIpc) is 2.63. The number of rotatable bonds is 5. The van der Waals surface area contributed by atoms with Crippen LogP contribution in [-0.4, -0.2) is 13.4 Å². The predicted molar refractivity (Wildman–Crippen MR) is 90.0 cm³/mol. The molecule has 0 fully saturated rings. The van der Waals surface area contributed by atoms with Crippen molar-refractivity contribution < 1.29 is 34.9 Å². The summed E-state index contributed by atoms with van der Waals surface area (Å²) in [6, 6.07) is 11.3. The van der Waals surface area contributed by atoms with Crippen LogP contribution >= 0.6 is 0 Å². The first-order valence-electron chi connectivity index (χ1n) is 7.65. The quantitative estimate of drug-likeness (QED) is 0.444. The molecule has 0 spiro atoms. The van der Waals surface area contributed by atoms with E-state index in [1.165, 1.54) is 24.3 Å². The van der Waals surface area contributed by atoms with Crippen molar-refractivity contribution in [3.05, 3.63) is 78.2 Å². The van der Waals surface area contributed by atoms with Crippen LogP contribution in [0.4, 0.5) is 17.6 Å². The van der Waals surface area contributed by atoms with Crippen molar-refractivity contribution in [2.45, 2.75) is 11.1 Å². The molecule has 2 aromatic carbocycles. The summed E-state index contributed by atoms with van der Waals surface area (Å²) in [5.74, 6) is -0.478. The van der Waals surface area contributed by atoms with Crippen molar-refractivity contribution in [2.24, 2.45) is 0 Å². The Hall–Kier alpha value is -3.14. The lowest BCUT2D eigenvalue weighted by molar-refractivity contribution is -0.137. The molecule has 3 aromatic rings. The van der Waals surface area contributed by atoms with Gasteiger partial charge >= 0.3 is 16.3 Å². The van der Waals surface area contributed by atoms with Crippen LogP contribution in [0.15, 0.2) is 71.8 Å². The van der Waals surface area contributed by atoms with Gasteiger partial charge in [0.15, 0.2) is 0 Å². The largest absolute Gasteiger partial charge is 0.439 e. The average molecular weight is 413 g/mol. The molecule has 1 aromatic heterocycles. The van der Waals surface area contributed by atoms with Gasteiger partial charge in [-0.15, -0.1) is 0 Å². The van der Waals surface area contributed by atoms with Gasteiger partial charge in [-0.05, 0) is 54.6 Å². The van der Waals surface area contributed by atoms with E-state index >= 15 is 0 Å². The minimum Gasteiger partial charge on any atom is -0.439 e. The second-order valence-corrected chi connectivity index (χ2v) is 6.99. The SMILES string of the molecule is O=S(=O)(Oc1ccc(Oc2ccc(C(F)(F)F)cn2)cc1)c1ccc(F)cc1. The lowest BCUT2D eigenvalue weighted by Crippen LogP contribution is -2.09. The molecule has 0 aliphatic carbocycles. The van der Waals surface area contributed by atoms with Crippen molar-refractivity contribution in [1.82, 2.24) is 4.98 Å². The van der Waals surface area contributed by atoms with Gasteiger partial charge in [-0.1, -0.05) is 0 Å². The summed E-state index contributed by atoms with van der Waals surface area (Å²) >= 11 is 0. The van der Waals surface area contributed by atoms with E-state index in [2.05, 4.69) is 4.98 Å². The van der Waals surface area contributed by atoms with Crippen molar-refractivity contribution in [3.63, 3.8) is 0 Å². The van der Waals surface area contributed by atoms with Crippen LogP contribution in [0.1, 0.15) is 5.56 Å². The Morgan fingerprint density at radius 2 is 1.43 bits per heavy atom. The van der Waals surface area contributed by atoms with E-state index < -0.39 is 27.7 Å². The molecule has 5 nitrogen and oxygen atoms in total. The number of ether oxygens (including phenoxy) is 1. The molecule has 0 atom stereocenters. The summed E-state index contributed by atoms with van der Waals surface area (Å²) < 4.78 is 84.9. The third-order valence-corrected chi connectivity index (χ3v) is 4.68. The summed E-state index contributed by atoms with van der Waals surface area (Å²) in [6.07, 6.45) is -3.86. The van der Waals surface area contributed by atoms with E-state index in [0.29, 0.717) is 6.20 Å². The molecule has 0 saturated heterocycles. The Morgan fingerprint density at radius 3 is 1.96 bits per heavy atom. The normalized spacial score (nSPS) is 11.9. The molecule has 1 heterocycles.